The number of carbonyl (C=O) groups excluding carboxylic acids is 4. The lowest BCUT2D eigenvalue weighted by molar-refractivity contribution is -0.161. The average molecular weight is 1330 g/mol. The molecule has 0 aliphatic carbocycles. The normalized spacial score (nSPS) is 14.6. The SMILES string of the molecule is CCC(C)CCCCCCCCCCCCC(=O)OC[C@H](COP(=O)(O)OCC(O)COP(=O)(O)OC[C@@H](COC(=O)CCCCCCCCCCC(C)C)OC(=O)CCCCCCCCCCCC(C)C)OC(=O)CCCCCCCCCCCCC(C)C. The van der Waals surface area contributed by atoms with Crippen LogP contribution in [0.1, 0.15) is 351 Å². The topological polar surface area (TPSA) is 237 Å². The number of ether oxygens (including phenoxy) is 4. The minimum Gasteiger partial charge on any atom is -0.462 e. The van der Waals surface area contributed by atoms with Crippen molar-refractivity contribution in [3.8, 4) is 0 Å². The Morgan fingerprint density at radius 2 is 0.533 bits per heavy atom. The zero-order chi connectivity index (χ0) is 66.8. The molecule has 4 unspecified atom stereocenters. The van der Waals surface area contributed by atoms with Crippen molar-refractivity contribution in [3.05, 3.63) is 0 Å². The van der Waals surface area contributed by atoms with Crippen LogP contribution >= 0.6 is 15.6 Å². The van der Waals surface area contributed by atoms with Crippen LogP contribution in [0.5, 0.6) is 0 Å². The second-order valence-electron chi connectivity index (χ2n) is 27.3. The fourth-order valence-corrected chi connectivity index (χ4v) is 12.2. The van der Waals surface area contributed by atoms with Crippen LogP contribution in [0.15, 0.2) is 0 Å². The molecule has 6 atom stereocenters. The predicted molar refractivity (Wildman–Crippen MR) is 363 cm³/mol. The van der Waals surface area contributed by atoms with E-state index in [4.69, 9.17) is 37.0 Å². The molecule has 0 aliphatic heterocycles. The summed E-state index contributed by atoms with van der Waals surface area (Å²) in [5, 5.41) is 10.6. The van der Waals surface area contributed by atoms with Gasteiger partial charge in [-0.15, -0.1) is 0 Å². The van der Waals surface area contributed by atoms with Gasteiger partial charge in [-0.1, -0.05) is 299 Å². The van der Waals surface area contributed by atoms with Crippen molar-refractivity contribution in [2.45, 2.75) is 369 Å². The minimum absolute atomic E-state index is 0.104. The minimum atomic E-state index is -4.95. The first-order valence-electron chi connectivity index (χ1n) is 36.7. The molecule has 0 saturated carbocycles. The number of unbranched alkanes of at least 4 members (excludes halogenated alkanes) is 33. The van der Waals surface area contributed by atoms with E-state index >= 15 is 0 Å². The van der Waals surface area contributed by atoms with E-state index < -0.39 is 97.5 Å². The molecular weight excluding hydrogens is 1190 g/mol. The van der Waals surface area contributed by atoms with Gasteiger partial charge in [0.25, 0.3) is 0 Å². The Morgan fingerprint density at radius 1 is 0.311 bits per heavy atom. The Bertz CT molecular complexity index is 1780. The number of phosphoric ester groups is 2. The summed E-state index contributed by atoms with van der Waals surface area (Å²) in [6.07, 6.45) is 43.0. The second kappa shape index (κ2) is 60.7. The van der Waals surface area contributed by atoms with Crippen molar-refractivity contribution in [2.75, 3.05) is 39.6 Å². The quantitative estimate of drug-likeness (QED) is 0.0222. The summed E-state index contributed by atoms with van der Waals surface area (Å²) >= 11 is 0. The molecular formula is C71H138O17P2. The van der Waals surface area contributed by atoms with Gasteiger partial charge in [-0.25, -0.2) is 9.13 Å². The van der Waals surface area contributed by atoms with Crippen molar-refractivity contribution in [3.63, 3.8) is 0 Å². The highest BCUT2D eigenvalue weighted by Crippen LogP contribution is 2.45. The van der Waals surface area contributed by atoms with Crippen LogP contribution in [-0.4, -0.2) is 96.7 Å². The summed E-state index contributed by atoms with van der Waals surface area (Å²) in [6, 6.07) is 0. The highest BCUT2D eigenvalue weighted by Gasteiger charge is 2.30. The summed E-state index contributed by atoms with van der Waals surface area (Å²) in [4.78, 5) is 72.6. The molecule has 0 aromatic carbocycles. The van der Waals surface area contributed by atoms with Gasteiger partial charge in [0, 0.05) is 25.7 Å². The Balaban J connectivity index is 5.27. The van der Waals surface area contributed by atoms with Gasteiger partial charge < -0.3 is 33.8 Å². The third-order valence-electron chi connectivity index (χ3n) is 16.7. The molecule has 0 fully saturated rings. The molecule has 90 heavy (non-hydrogen) atoms. The average Bonchev–Trinajstić information content (AvgIpc) is 2.97. The third kappa shape index (κ3) is 63.5. The first-order valence-corrected chi connectivity index (χ1v) is 39.7. The summed E-state index contributed by atoms with van der Waals surface area (Å²) in [5.74, 6) is 0.896. The first kappa shape index (κ1) is 88.1. The molecule has 0 aliphatic rings. The molecule has 17 nitrogen and oxygen atoms in total. The number of hydrogen-bond donors (Lipinski definition) is 3. The van der Waals surface area contributed by atoms with Crippen LogP contribution in [0.25, 0.3) is 0 Å². The van der Waals surface area contributed by atoms with Gasteiger partial charge in [0.1, 0.15) is 19.3 Å². The van der Waals surface area contributed by atoms with E-state index in [0.29, 0.717) is 25.7 Å². The zero-order valence-electron chi connectivity index (χ0n) is 58.8. The summed E-state index contributed by atoms with van der Waals surface area (Å²) in [6.45, 7) is 14.1. The third-order valence-corrected chi connectivity index (χ3v) is 18.6. The molecule has 3 N–H and O–H groups in total. The Hall–Kier alpha value is -1.94. The summed E-state index contributed by atoms with van der Waals surface area (Å²) in [5.41, 5.74) is 0. The number of aliphatic hydroxyl groups is 1. The first-order chi connectivity index (χ1) is 43.1. The fraction of sp³-hybridized carbons (Fsp3) is 0.944. The number of rotatable bonds is 68. The van der Waals surface area contributed by atoms with Crippen molar-refractivity contribution in [1.82, 2.24) is 0 Å². The van der Waals surface area contributed by atoms with E-state index in [1.54, 1.807) is 0 Å². The van der Waals surface area contributed by atoms with Gasteiger partial charge in [0.15, 0.2) is 12.2 Å². The van der Waals surface area contributed by atoms with E-state index in [0.717, 1.165) is 114 Å². The summed E-state index contributed by atoms with van der Waals surface area (Å²) in [7, 11) is -9.90. The second-order valence-corrected chi connectivity index (χ2v) is 30.2. The van der Waals surface area contributed by atoms with E-state index in [-0.39, 0.29) is 25.7 Å². The molecule has 19 heteroatoms. The number of hydrogen-bond acceptors (Lipinski definition) is 15. The number of esters is 4. The van der Waals surface area contributed by atoms with Crippen LogP contribution in [0.3, 0.4) is 0 Å². The molecule has 0 rings (SSSR count). The van der Waals surface area contributed by atoms with Crippen LogP contribution in [0, 0.1) is 23.7 Å². The number of aliphatic hydroxyl groups excluding tert-OH is 1. The molecule has 0 spiro atoms. The van der Waals surface area contributed by atoms with Crippen molar-refractivity contribution < 1.29 is 80.2 Å². The number of phosphoric acid groups is 2. The van der Waals surface area contributed by atoms with Gasteiger partial charge in [-0.3, -0.25) is 37.3 Å². The molecule has 0 heterocycles. The lowest BCUT2D eigenvalue weighted by Crippen LogP contribution is -2.30. The maximum atomic E-state index is 13.0. The van der Waals surface area contributed by atoms with Crippen molar-refractivity contribution >= 4 is 39.5 Å². The zero-order valence-corrected chi connectivity index (χ0v) is 60.6. The van der Waals surface area contributed by atoms with Gasteiger partial charge in [0.05, 0.1) is 26.4 Å². The van der Waals surface area contributed by atoms with E-state index in [9.17, 15) is 43.2 Å². The van der Waals surface area contributed by atoms with Crippen LogP contribution in [0.2, 0.25) is 0 Å². The molecule has 0 radical (unpaired) electrons. The Kier molecular flexibility index (Phi) is 59.4. The molecule has 0 aromatic heterocycles. The fourth-order valence-electron chi connectivity index (χ4n) is 10.6. The largest absolute Gasteiger partial charge is 0.472 e. The van der Waals surface area contributed by atoms with Gasteiger partial charge in [-0.05, 0) is 49.4 Å². The summed E-state index contributed by atoms with van der Waals surface area (Å²) < 4.78 is 68.3. The van der Waals surface area contributed by atoms with Gasteiger partial charge >= 0.3 is 39.5 Å². The lowest BCUT2D eigenvalue weighted by Gasteiger charge is -2.21. The molecule has 0 aromatic rings. The monoisotopic (exact) mass is 1320 g/mol. The van der Waals surface area contributed by atoms with Crippen LogP contribution in [-0.2, 0) is 65.4 Å². The highest BCUT2D eigenvalue weighted by molar-refractivity contribution is 7.47. The van der Waals surface area contributed by atoms with Crippen molar-refractivity contribution in [2.24, 2.45) is 23.7 Å². The number of carbonyl (C=O) groups is 4. The predicted octanol–water partition coefficient (Wildman–Crippen LogP) is 20.1. The highest BCUT2D eigenvalue weighted by atomic mass is 31.2. The maximum Gasteiger partial charge on any atom is 0.472 e. The van der Waals surface area contributed by atoms with Crippen molar-refractivity contribution in [1.29, 1.82) is 0 Å². The van der Waals surface area contributed by atoms with Gasteiger partial charge in [0.2, 0.25) is 0 Å². The Labute approximate surface area is 549 Å². The van der Waals surface area contributed by atoms with Crippen LogP contribution in [0.4, 0.5) is 0 Å². The smallest absolute Gasteiger partial charge is 0.462 e. The standard InChI is InChI=1S/C71H138O17P2/c1-9-64(8)50-42-34-26-17-11-13-18-27-35-43-51-68(73)81-57-66(87-70(75)53-45-37-29-19-12-10-15-23-31-39-47-61(2)3)59-85-89(77,78)83-55-65(72)56-84-90(79,80)86-60-67(58-82-69(74)52-44-36-28-22-21-25-33-41-49-63(6)7)88-71(76)54-46-38-30-20-14-16-24-32-40-48-62(4)5/h61-67,72H,9-60H2,1-8H3,(H,77,78)(H,79,80)/t64?,65?,66-,67-/m1/s1. The molecule has 0 saturated heterocycles. The molecule has 0 amide bonds. The van der Waals surface area contributed by atoms with E-state index in [2.05, 4.69) is 55.4 Å². The molecule has 0 bridgehead atoms. The lowest BCUT2D eigenvalue weighted by atomic mass is 9.99. The van der Waals surface area contributed by atoms with Gasteiger partial charge in [-0.2, -0.15) is 0 Å². The van der Waals surface area contributed by atoms with Crippen LogP contribution < -0.4 is 0 Å². The maximum absolute atomic E-state index is 13.0. The van der Waals surface area contributed by atoms with E-state index in [1.165, 1.54) is 154 Å². The molecule has 534 valence electrons. The Morgan fingerprint density at radius 3 is 0.789 bits per heavy atom. The van der Waals surface area contributed by atoms with E-state index in [1.807, 2.05) is 0 Å².